The minimum Gasteiger partial charge on any atom is -0.378 e. The van der Waals surface area contributed by atoms with E-state index in [0.717, 1.165) is 12.8 Å². The van der Waals surface area contributed by atoms with E-state index in [-0.39, 0.29) is 11.9 Å². The standard InChI is InChI=1S/C15H22N2O2/c1-11-6-5-9-17(13(11)10-16)15(19)14(18)12-7-3-2-4-8-12/h2-4,7-8,11,13-14,18H,5-6,9-10,16H2,1H3. The number of nitrogens with zero attached hydrogens (tertiary/aromatic N) is 1. The molecule has 1 fully saturated rings. The largest absolute Gasteiger partial charge is 0.378 e. The normalized spacial score (nSPS) is 25.1. The fourth-order valence-corrected chi connectivity index (χ4v) is 2.82. The van der Waals surface area contributed by atoms with Crippen LogP contribution < -0.4 is 5.73 Å². The van der Waals surface area contributed by atoms with Crippen LogP contribution in [0.2, 0.25) is 0 Å². The number of benzene rings is 1. The third kappa shape index (κ3) is 2.96. The highest BCUT2D eigenvalue weighted by Crippen LogP contribution is 2.26. The molecular formula is C15H22N2O2. The maximum Gasteiger partial charge on any atom is 0.256 e. The maximum atomic E-state index is 12.4. The highest BCUT2D eigenvalue weighted by molar-refractivity contribution is 5.82. The molecular weight excluding hydrogens is 240 g/mol. The van der Waals surface area contributed by atoms with Crippen LogP contribution in [0.4, 0.5) is 0 Å². The summed E-state index contributed by atoms with van der Waals surface area (Å²) in [6.07, 6.45) is 0.985. The summed E-state index contributed by atoms with van der Waals surface area (Å²) in [5.41, 5.74) is 6.43. The van der Waals surface area contributed by atoms with E-state index in [0.29, 0.717) is 24.6 Å². The molecule has 104 valence electrons. The maximum absolute atomic E-state index is 12.4. The number of carbonyl (C=O) groups excluding carboxylic acids is 1. The molecule has 1 aliphatic rings. The van der Waals surface area contributed by atoms with Gasteiger partial charge in [0.05, 0.1) is 0 Å². The summed E-state index contributed by atoms with van der Waals surface area (Å²) >= 11 is 0. The first-order valence-electron chi connectivity index (χ1n) is 6.88. The number of likely N-dealkylation sites (tertiary alicyclic amines) is 1. The predicted molar refractivity (Wildman–Crippen MR) is 74.4 cm³/mol. The monoisotopic (exact) mass is 262 g/mol. The first kappa shape index (κ1) is 14.0. The van der Waals surface area contributed by atoms with Gasteiger partial charge in [-0.05, 0) is 24.3 Å². The second-order valence-electron chi connectivity index (χ2n) is 5.27. The molecule has 2 rings (SSSR count). The number of aliphatic hydroxyl groups excluding tert-OH is 1. The lowest BCUT2D eigenvalue weighted by atomic mass is 9.90. The molecule has 3 atom stereocenters. The van der Waals surface area contributed by atoms with Crippen molar-refractivity contribution in [3.63, 3.8) is 0 Å². The van der Waals surface area contributed by atoms with Gasteiger partial charge in [-0.3, -0.25) is 4.79 Å². The zero-order valence-electron chi connectivity index (χ0n) is 11.3. The summed E-state index contributed by atoms with van der Waals surface area (Å²) < 4.78 is 0. The minimum atomic E-state index is -1.08. The molecule has 1 saturated heterocycles. The van der Waals surface area contributed by atoms with Crippen LogP contribution in [0, 0.1) is 5.92 Å². The number of amides is 1. The first-order chi connectivity index (χ1) is 9.15. The predicted octanol–water partition coefficient (Wildman–Crippen LogP) is 1.31. The molecule has 1 aromatic carbocycles. The fraction of sp³-hybridized carbons (Fsp3) is 0.533. The molecule has 1 aliphatic heterocycles. The van der Waals surface area contributed by atoms with Gasteiger partial charge >= 0.3 is 0 Å². The van der Waals surface area contributed by atoms with Crippen LogP contribution in [0.25, 0.3) is 0 Å². The molecule has 3 unspecified atom stereocenters. The number of hydrogen-bond donors (Lipinski definition) is 2. The van der Waals surface area contributed by atoms with E-state index in [2.05, 4.69) is 6.92 Å². The summed E-state index contributed by atoms with van der Waals surface area (Å²) in [6, 6.07) is 9.10. The third-order valence-corrected chi connectivity index (χ3v) is 3.99. The SMILES string of the molecule is CC1CCCN(C(=O)C(O)c2ccccc2)C1CN. The number of rotatable bonds is 3. The molecule has 0 aromatic heterocycles. The number of aliphatic hydroxyl groups is 1. The van der Waals surface area contributed by atoms with Crippen molar-refractivity contribution in [1.29, 1.82) is 0 Å². The third-order valence-electron chi connectivity index (χ3n) is 3.99. The molecule has 0 radical (unpaired) electrons. The van der Waals surface area contributed by atoms with E-state index in [1.54, 1.807) is 17.0 Å². The Hall–Kier alpha value is -1.39. The van der Waals surface area contributed by atoms with E-state index >= 15 is 0 Å². The molecule has 0 aliphatic carbocycles. The quantitative estimate of drug-likeness (QED) is 0.863. The van der Waals surface area contributed by atoms with Crippen molar-refractivity contribution in [2.24, 2.45) is 11.7 Å². The zero-order chi connectivity index (χ0) is 13.8. The minimum absolute atomic E-state index is 0.0413. The van der Waals surface area contributed by atoms with Gasteiger partial charge in [-0.2, -0.15) is 0 Å². The van der Waals surface area contributed by atoms with Gasteiger partial charge in [0.25, 0.3) is 5.91 Å². The van der Waals surface area contributed by atoms with Crippen LogP contribution in [-0.4, -0.2) is 35.0 Å². The van der Waals surface area contributed by atoms with Crippen LogP contribution in [0.1, 0.15) is 31.4 Å². The van der Waals surface area contributed by atoms with Gasteiger partial charge in [0.15, 0.2) is 6.10 Å². The second kappa shape index (κ2) is 6.17. The Morgan fingerprint density at radius 3 is 2.79 bits per heavy atom. The van der Waals surface area contributed by atoms with Crippen molar-refractivity contribution in [2.75, 3.05) is 13.1 Å². The lowest BCUT2D eigenvalue weighted by Gasteiger charge is -2.40. The molecule has 1 aromatic rings. The van der Waals surface area contributed by atoms with Gasteiger partial charge < -0.3 is 15.7 Å². The molecule has 1 heterocycles. The van der Waals surface area contributed by atoms with Crippen molar-refractivity contribution < 1.29 is 9.90 Å². The summed E-state index contributed by atoms with van der Waals surface area (Å²) in [4.78, 5) is 14.2. The highest BCUT2D eigenvalue weighted by Gasteiger charge is 2.34. The molecule has 19 heavy (non-hydrogen) atoms. The Morgan fingerprint density at radius 1 is 1.47 bits per heavy atom. The topological polar surface area (TPSA) is 66.6 Å². The first-order valence-corrected chi connectivity index (χ1v) is 6.88. The Balaban J connectivity index is 2.14. The lowest BCUT2D eigenvalue weighted by molar-refractivity contribution is -0.145. The number of nitrogens with two attached hydrogens (primary N) is 1. The average molecular weight is 262 g/mol. The van der Waals surface area contributed by atoms with Crippen molar-refractivity contribution in [1.82, 2.24) is 4.90 Å². The summed E-state index contributed by atoms with van der Waals surface area (Å²) in [6.45, 7) is 3.26. The molecule has 0 bridgehead atoms. The van der Waals surface area contributed by atoms with Crippen LogP contribution in [0.15, 0.2) is 30.3 Å². The van der Waals surface area contributed by atoms with Gasteiger partial charge in [-0.15, -0.1) is 0 Å². The van der Waals surface area contributed by atoms with Gasteiger partial charge in [-0.25, -0.2) is 0 Å². The van der Waals surface area contributed by atoms with Crippen molar-refractivity contribution >= 4 is 5.91 Å². The molecule has 4 nitrogen and oxygen atoms in total. The van der Waals surface area contributed by atoms with Crippen LogP contribution >= 0.6 is 0 Å². The van der Waals surface area contributed by atoms with E-state index in [1.807, 2.05) is 18.2 Å². The van der Waals surface area contributed by atoms with Gasteiger partial charge in [0.2, 0.25) is 0 Å². The zero-order valence-corrected chi connectivity index (χ0v) is 11.3. The molecule has 0 spiro atoms. The van der Waals surface area contributed by atoms with Crippen molar-refractivity contribution in [2.45, 2.75) is 31.9 Å². The van der Waals surface area contributed by atoms with Gasteiger partial charge in [0, 0.05) is 19.1 Å². The van der Waals surface area contributed by atoms with E-state index in [4.69, 9.17) is 5.73 Å². The Labute approximate surface area is 114 Å². The smallest absolute Gasteiger partial charge is 0.256 e. The van der Waals surface area contributed by atoms with Gasteiger partial charge in [0.1, 0.15) is 0 Å². The molecule has 3 N–H and O–H groups in total. The second-order valence-corrected chi connectivity index (χ2v) is 5.27. The fourth-order valence-electron chi connectivity index (χ4n) is 2.82. The summed E-state index contributed by atoms with van der Waals surface area (Å²) in [7, 11) is 0. The van der Waals surface area contributed by atoms with Crippen LogP contribution in [0.5, 0.6) is 0 Å². The van der Waals surface area contributed by atoms with Crippen LogP contribution in [-0.2, 0) is 4.79 Å². The van der Waals surface area contributed by atoms with Gasteiger partial charge in [-0.1, -0.05) is 37.3 Å². The van der Waals surface area contributed by atoms with Crippen LogP contribution in [0.3, 0.4) is 0 Å². The average Bonchev–Trinajstić information content (AvgIpc) is 2.46. The van der Waals surface area contributed by atoms with E-state index in [1.165, 1.54) is 0 Å². The van der Waals surface area contributed by atoms with Crippen molar-refractivity contribution in [3.05, 3.63) is 35.9 Å². The Morgan fingerprint density at radius 2 is 2.16 bits per heavy atom. The molecule has 4 heteroatoms. The van der Waals surface area contributed by atoms with E-state index < -0.39 is 6.10 Å². The lowest BCUT2D eigenvalue weighted by Crippen LogP contribution is -2.52. The summed E-state index contributed by atoms with van der Waals surface area (Å²) in [5, 5.41) is 10.2. The van der Waals surface area contributed by atoms with E-state index in [9.17, 15) is 9.90 Å². The van der Waals surface area contributed by atoms with Crippen molar-refractivity contribution in [3.8, 4) is 0 Å². The molecule has 0 saturated carbocycles. The number of carbonyl (C=O) groups is 1. The summed E-state index contributed by atoms with van der Waals surface area (Å²) in [5.74, 6) is 0.166. The highest BCUT2D eigenvalue weighted by atomic mass is 16.3. The number of piperidine rings is 1. The Kier molecular flexibility index (Phi) is 4.56. The number of hydrogen-bond acceptors (Lipinski definition) is 3. The Bertz CT molecular complexity index is 421. The molecule has 1 amide bonds.